The standard InChI is InChI=1S/C10H10N6OS/c1-16-8-7(4-13-16)14-10(15-9(8)17)12-3-6-2-11-5-18-6/h2,4-5H,3H2,1H3,(H2,12,14,15,17). The first-order chi connectivity index (χ1) is 8.74. The Balaban J connectivity index is 1.91. The molecule has 0 bridgehead atoms. The van der Waals surface area contributed by atoms with Gasteiger partial charge in [-0.3, -0.25) is 19.4 Å². The SMILES string of the molecule is Cn1ncc2nc(NCc3cncs3)[nH]c(=O)c21. The molecule has 3 rings (SSSR count). The maximum atomic E-state index is 11.8. The summed E-state index contributed by atoms with van der Waals surface area (Å²) in [6.07, 6.45) is 3.35. The second-order valence-electron chi connectivity index (χ2n) is 3.74. The van der Waals surface area contributed by atoms with Crippen molar-refractivity contribution < 1.29 is 0 Å². The van der Waals surface area contributed by atoms with Crippen LogP contribution in [0.2, 0.25) is 0 Å². The molecule has 0 fully saturated rings. The van der Waals surface area contributed by atoms with Crippen LogP contribution in [0.4, 0.5) is 5.95 Å². The van der Waals surface area contributed by atoms with Gasteiger partial charge in [0.2, 0.25) is 5.95 Å². The molecule has 7 nitrogen and oxygen atoms in total. The molecule has 3 aromatic heterocycles. The number of aromatic nitrogens is 5. The second-order valence-corrected chi connectivity index (χ2v) is 4.71. The van der Waals surface area contributed by atoms with E-state index in [9.17, 15) is 4.79 Å². The van der Waals surface area contributed by atoms with Gasteiger partial charge in [-0.1, -0.05) is 0 Å². The van der Waals surface area contributed by atoms with E-state index in [2.05, 4.69) is 25.4 Å². The van der Waals surface area contributed by atoms with Gasteiger partial charge in [0.1, 0.15) is 5.52 Å². The Morgan fingerprint density at radius 1 is 1.50 bits per heavy atom. The van der Waals surface area contributed by atoms with Crippen LogP contribution in [0.1, 0.15) is 4.88 Å². The van der Waals surface area contributed by atoms with Gasteiger partial charge in [-0.2, -0.15) is 5.10 Å². The number of aryl methyl sites for hydroxylation is 1. The Bertz CT molecular complexity index is 728. The van der Waals surface area contributed by atoms with Crippen LogP contribution in [0.5, 0.6) is 0 Å². The van der Waals surface area contributed by atoms with Gasteiger partial charge < -0.3 is 5.32 Å². The molecule has 0 aliphatic carbocycles. The number of aromatic amines is 1. The van der Waals surface area contributed by atoms with Crippen molar-refractivity contribution in [2.45, 2.75) is 6.54 Å². The van der Waals surface area contributed by atoms with E-state index in [0.29, 0.717) is 23.5 Å². The van der Waals surface area contributed by atoms with Crippen LogP contribution in [-0.4, -0.2) is 24.7 Å². The van der Waals surface area contributed by atoms with Crippen molar-refractivity contribution in [2.75, 3.05) is 5.32 Å². The number of anilines is 1. The number of fused-ring (bicyclic) bond motifs is 1. The van der Waals surface area contributed by atoms with Crippen LogP contribution < -0.4 is 10.9 Å². The van der Waals surface area contributed by atoms with Crippen LogP contribution in [0.25, 0.3) is 11.0 Å². The van der Waals surface area contributed by atoms with E-state index in [1.54, 1.807) is 36.3 Å². The Hall–Kier alpha value is -2.22. The number of nitrogens with zero attached hydrogens (tertiary/aromatic N) is 4. The second kappa shape index (κ2) is 4.22. The predicted molar refractivity (Wildman–Crippen MR) is 68.6 cm³/mol. The summed E-state index contributed by atoms with van der Waals surface area (Å²) < 4.78 is 1.51. The predicted octanol–water partition coefficient (Wildman–Crippen LogP) is 0.725. The van der Waals surface area contributed by atoms with Crippen LogP contribution >= 0.6 is 11.3 Å². The third-order valence-electron chi connectivity index (χ3n) is 2.51. The molecular formula is C10H10N6OS. The van der Waals surface area contributed by atoms with Crippen LogP contribution in [0.3, 0.4) is 0 Å². The van der Waals surface area contributed by atoms with Crippen LogP contribution in [0.15, 0.2) is 22.7 Å². The highest BCUT2D eigenvalue weighted by Crippen LogP contribution is 2.10. The van der Waals surface area contributed by atoms with Crippen LogP contribution in [0, 0.1) is 0 Å². The summed E-state index contributed by atoms with van der Waals surface area (Å²) in [5, 5.41) is 7.06. The number of nitrogens with one attached hydrogen (secondary N) is 2. The van der Waals surface area contributed by atoms with Crippen molar-refractivity contribution in [3.8, 4) is 0 Å². The fourth-order valence-electron chi connectivity index (χ4n) is 1.67. The summed E-state index contributed by atoms with van der Waals surface area (Å²) in [5.74, 6) is 0.439. The molecule has 8 heteroatoms. The van der Waals surface area contributed by atoms with Crippen molar-refractivity contribution in [3.63, 3.8) is 0 Å². The molecule has 0 aliphatic rings. The highest BCUT2D eigenvalue weighted by Gasteiger charge is 2.07. The lowest BCUT2D eigenvalue weighted by molar-refractivity contribution is 0.792. The average molecular weight is 262 g/mol. The Labute approximate surface area is 106 Å². The number of thiazole rings is 1. The molecule has 0 aliphatic heterocycles. The van der Waals surface area contributed by atoms with E-state index in [4.69, 9.17) is 0 Å². The fraction of sp³-hybridized carbons (Fsp3) is 0.200. The Morgan fingerprint density at radius 2 is 2.39 bits per heavy atom. The van der Waals surface area contributed by atoms with Crippen molar-refractivity contribution in [3.05, 3.63) is 33.1 Å². The number of hydrogen-bond donors (Lipinski definition) is 2. The third kappa shape index (κ3) is 1.86. The highest BCUT2D eigenvalue weighted by molar-refractivity contribution is 7.09. The summed E-state index contributed by atoms with van der Waals surface area (Å²) in [7, 11) is 1.71. The monoisotopic (exact) mass is 262 g/mol. The van der Waals surface area contributed by atoms with Crippen molar-refractivity contribution in [2.24, 2.45) is 7.05 Å². The number of rotatable bonds is 3. The molecular weight excluding hydrogens is 252 g/mol. The molecule has 0 atom stereocenters. The molecule has 3 aromatic rings. The molecule has 0 aromatic carbocycles. The molecule has 92 valence electrons. The normalized spacial score (nSPS) is 10.9. The lowest BCUT2D eigenvalue weighted by atomic mass is 10.4. The topological polar surface area (TPSA) is 88.5 Å². The van der Waals surface area contributed by atoms with Gasteiger partial charge in [0.25, 0.3) is 5.56 Å². The number of hydrogen-bond acceptors (Lipinski definition) is 6. The summed E-state index contributed by atoms with van der Waals surface area (Å²) >= 11 is 1.54. The quantitative estimate of drug-likeness (QED) is 0.726. The number of H-pyrrole nitrogens is 1. The third-order valence-corrected chi connectivity index (χ3v) is 3.29. The summed E-state index contributed by atoms with van der Waals surface area (Å²) in [6.45, 7) is 0.583. The molecule has 3 heterocycles. The molecule has 18 heavy (non-hydrogen) atoms. The lowest BCUT2D eigenvalue weighted by Crippen LogP contribution is -2.14. The maximum absolute atomic E-state index is 11.8. The van der Waals surface area contributed by atoms with Gasteiger partial charge in [0.15, 0.2) is 5.52 Å². The summed E-state index contributed by atoms with van der Waals surface area (Å²) in [4.78, 5) is 23.9. The maximum Gasteiger partial charge on any atom is 0.278 e. The first kappa shape index (κ1) is 10.9. The zero-order valence-electron chi connectivity index (χ0n) is 9.54. The minimum absolute atomic E-state index is 0.202. The van der Waals surface area contributed by atoms with E-state index < -0.39 is 0 Å². The fourth-order valence-corrected chi connectivity index (χ4v) is 2.20. The minimum Gasteiger partial charge on any atom is -0.351 e. The summed E-state index contributed by atoms with van der Waals surface area (Å²) in [5.41, 5.74) is 2.61. The first-order valence-electron chi connectivity index (χ1n) is 5.27. The van der Waals surface area contributed by atoms with Gasteiger partial charge >= 0.3 is 0 Å². The van der Waals surface area contributed by atoms with Gasteiger partial charge in [-0.05, 0) is 0 Å². The zero-order chi connectivity index (χ0) is 12.5. The molecule has 0 radical (unpaired) electrons. The molecule has 0 saturated carbocycles. The Kier molecular flexibility index (Phi) is 2.56. The lowest BCUT2D eigenvalue weighted by Gasteiger charge is -2.03. The first-order valence-corrected chi connectivity index (χ1v) is 6.15. The van der Waals surface area contributed by atoms with Crippen molar-refractivity contribution >= 4 is 28.3 Å². The van der Waals surface area contributed by atoms with Crippen molar-refractivity contribution in [1.82, 2.24) is 24.7 Å². The van der Waals surface area contributed by atoms with Gasteiger partial charge in [0, 0.05) is 18.1 Å². The van der Waals surface area contributed by atoms with Gasteiger partial charge in [-0.15, -0.1) is 11.3 Å². The highest BCUT2D eigenvalue weighted by atomic mass is 32.1. The Morgan fingerprint density at radius 3 is 3.17 bits per heavy atom. The van der Waals surface area contributed by atoms with E-state index in [1.807, 2.05) is 0 Å². The van der Waals surface area contributed by atoms with E-state index >= 15 is 0 Å². The smallest absolute Gasteiger partial charge is 0.278 e. The molecule has 0 spiro atoms. The van der Waals surface area contributed by atoms with Gasteiger partial charge in [-0.25, -0.2) is 4.98 Å². The molecule has 0 unspecified atom stereocenters. The largest absolute Gasteiger partial charge is 0.351 e. The van der Waals surface area contributed by atoms with Crippen LogP contribution in [-0.2, 0) is 13.6 Å². The zero-order valence-corrected chi connectivity index (χ0v) is 10.4. The van der Waals surface area contributed by atoms with Crippen molar-refractivity contribution in [1.29, 1.82) is 0 Å². The molecule has 0 amide bonds. The molecule has 2 N–H and O–H groups in total. The minimum atomic E-state index is -0.202. The van der Waals surface area contributed by atoms with Gasteiger partial charge in [0.05, 0.1) is 18.3 Å². The molecule has 0 saturated heterocycles. The average Bonchev–Trinajstić information content (AvgIpc) is 2.97. The van der Waals surface area contributed by atoms with E-state index in [0.717, 1.165) is 4.88 Å². The summed E-state index contributed by atoms with van der Waals surface area (Å²) in [6, 6.07) is 0. The van der Waals surface area contributed by atoms with E-state index in [1.165, 1.54) is 4.68 Å². The van der Waals surface area contributed by atoms with E-state index in [-0.39, 0.29) is 5.56 Å².